The minimum absolute atomic E-state index is 0.00627. The van der Waals surface area contributed by atoms with Crippen LogP contribution in [0, 0.1) is 11.6 Å². The van der Waals surface area contributed by atoms with E-state index in [0.29, 0.717) is 25.4 Å². The molecule has 1 saturated heterocycles. The summed E-state index contributed by atoms with van der Waals surface area (Å²) in [6.07, 6.45) is 0. The molecule has 1 heterocycles. The predicted octanol–water partition coefficient (Wildman–Crippen LogP) is 1.89. The van der Waals surface area contributed by atoms with Crippen molar-refractivity contribution < 1.29 is 23.4 Å². The number of anilines is 1. The molecule has 0 spiro atoms. The van der Waals surface area contributed by atoms with Crippen molar-refractivity contribution in [3.05, 3.63) is 29.3 Å². The summed E-state index contributed by atoms with van der Waals surface area (Å²) < 4.78 is 32.4. The molecule has 0 aromatic heterocycles. The van der Waals surface area contributed by atoms with E-state index >= 15 is 0 Å². The Balaban J connectivity index is 2.38. The van der Waals surface area contributed by atoms with Crippen LogP contribution in [0.2, 0.25) is 0 Å². The molecule has 6 heteroatoms. The molecule has 0 aliphatic carbocycles. The molecule has 0 amide bonds. The van der Waals surface area contributed by atoms with Gasteiger partial charge in [-0.15, -0.1) is 0 Å². The van der Waals surface area contributed by atoms with Crippen molar-refractivity contribution >= 4 is 11.7 Å². The molecule has 4 nitrogen and oxygen atoms in total. The average molecular weight is 257 g/mol. The largest absolute Gasteiger partial charge is 0.477 e. The van der Waals surface area contributed by atoms with Crippen LogP contribution in [-0.4, -0.2) is 36.9 Å². The van der Waals surface area contributed by atoms with Gasteiger partial charge in [0.05, 0.1) is 13.2 Å². The quantitative estimate of drug-likeness (QED) is 0.879. The summed E-state index contributed by atoms with van der Waals surface area (Å²) in [5.41, 5.74) is -0.578. The molecule has 98 valence electrons. The predicted molar refractivity (Wildman–Crippen MR) is 60.9 cm³/mol. The summed E-state index contributed by atoms with van der Waals surface area (Å²) in [6.45, 7) is 3.35. The van der Waals surface area contributed by atoms with E-state index in [0.717, 1.165) is 12.1 Å². The van der Waals surface area contributed by atoms with Crippen LogP contribution in [0.3, 0.4) is 0 Å². The second-order valence-electron chi connectivity index (χ2n) is 4.21. The highest BCUT2D eigenvalue weighted by Crippen LogP contribution is 2.25. The average Bonchev–Trinajstić information content (AvgIpc) is 2.27. The number of carbonyl (C=O) groups is 1. The summed E-state index contributed by atoms with van der Waals surface area (Å²) in [6, 6.07) is 2.09. The van der Waals surface area contributed by atoms with Crippen molar-refractivity contribution in [2.75, 3.05) is 24.7 Å². The molecule has 1 fully saturated rings. The second kappa shape index (κ2) is 4.89. The van der Waals surface area contributed by atoms with E-state index in [2.05, 4.69) is 0 Å². The van der Waals surface area contributed by atoms with E-state index in [-0.39, 0.29) is 6.04 Å². The first kappa shape index (κ1) is 12.8. The molecule has 1 aromatic carbocycles. The molecule has 1 N–H and O–H groups in total. The number of hydrogen-bond donors (Lipinski definition) is 1. The first-order valence-corrected chi connectivity index (χ1v) is 5.57. The van der Waals surface area contributed by atoms with E-state index in [1.165, 1.54) is 0 Å². The minimum Gasteiger partial charge on any atom is -0.477 e. The van der Waals surface area contributed by atoms with Gasteiger partial charge in [0, 0.05) is 18.3 Å². The van der Waals surface area contributed by atoms with E-state index in [1.807, 2.05) is 6.92 Å². The molecule has 1 atom stereocenters. The fourth-order valence-corrected chi connectivity index (χ4v) is 2.04. The number of carboxylic acid groups (broad SMARTS) is 1. The van der Waals surface area contributed by atoms with Gasteiger partial charge < -0.3 is 14.7 Å². The topological polar surface area (TPSA) is 49.8 Å². The molecule has 1 unspecified atom stereocenters. The van der Waals surface area contributed by atoms with Crippen molar-refractivity contribution in [1.82, 2.24) is 0 Å². The number of ether oxygens (including phenoxy) is 1. The van der Waals surface area contributed by atoms with E-state index in [1.54, 1.807) is 4.90 Å². The van der Waals surface area contributed by atoms with Crippen LogP contribution in [0.15, 0.2) is 12.1 Å². The van der Waals surface area contributed by atoms with Gasteiger partial charge in [-0.25, -0.2) is 13.6 Å². The number of aromatic carboxylic acids is 1. The van der Waals surface area contributed by atoms with Crippen molar-refractivity contribution in [3.8, 4) is 0 Å². The Morgan fingerprint density at radius 1 is 1.44 bits per heavy atom. The van der Waals surface area contributed by atoms with Gasteiger partial charge in [-0.2, -0.15) is 0 Å². The maximum Gasteiger partial charge on any atom is 0.341 e. The molecule has 1 aliphatic rings. The van der Waals surface area contributed by atoms with Gasteiger partial charge in [0.2, 0.25) is 0 Å². The molecule has 0 bridgehead atoms. The van der Waals surface area contributed by atoms with Crippen molar-refractivity contribution in [3.63, 3.8) is 0 Å². The fourth-order valence-electron chi connectivity index (χ4n) is 2.04. The van der Waals surface area contributed by atoms with Gasteiger partial charge >= 0.3 is 5.97 Å². The zero-order valence-corrected chi connectivity index (χ0v) is 9.82. The van der Waals surface area contributed by atoms with Gasteiger partial charge in [-0.05, 0) is 19.1 Å². The molecule has 18 heavy (non-hydrogen) atoms. The van der Waals surface area contributed by atoms with Gasteiger partial charge in [0.1, 0.15) is 17.2 Å². The standard InChI is InChI=1S/C12H13F2NO3/c1-7-6-18-3-2-15(7)8-4-9(13)11(12(16)17)10(14)5-8/h4-5,7H,2-3,6H2,1H3,(H,16,17). The maximum atomic E-state index is 13.6. The number of halogens is 2. The van der Waals surface area contributed by atoms with Crippen LogP contribution in [0.5, 0.6) is 0 Å². The van der Waals surface area contributed by atoms with Crippen molar-refractivity contribution in [2.45, 2.75) is 13.0 Å². The second-order valence-corrected chi connectivity index (χ2v) is 4.21. The Labute approximate surface area is 103 Å². The summed E-state index contributed by atoms with van der Waals surface area (Å²) >= 11 is 0. The summed E-state index contributed by atoms with van der Waals surface area (Å²) in [5.74, 6) is -3.72. The molecular formula is C12H13F2NO3. The van der Waals surface area contributed by atoms with Crippen LogP contribution in [0.1, 0.15) is 17.3 Å². The van der Waals surface area contributed by atoms with Gasteiger partial charge in [-0.1, -0.05) is 0 Å². The number of benzene rings is 1. The van der Waals surface area contributed by atoms with Crippen LogP contribution < -0.4 is 4.90 Å². The Morgan fingerprint density at radius 2 is 2.06 bits per heavy atom. The number of morpholine rings is 1. The third-order valence-corrected chi connectivity index (χ3v) is 2.94. The lowest BCUT2D eigenvalue weighted by atomic mass is 10.1. The number of hydrogen-bond acceptors (Lipinski definition) is 3. The summed E-state index contributed by atoms with van der Waals surface area (Å²) in [7, 11) is 0. The Bertz CT molecular complexity index is 455. The molecule has 1 aromatic rings. The zero-order chi connectivity index (χ0) is 13.3. The third-order valence-electron chi connectivity index (χ3n) is 2.94. The van der Waals surface area contributed by atoms with E-state index in [4.69, 9.17) is 9.84 Å². The van der Waals surface area contributed by atoms with Crippen molar-refractivity contribution in [2.24, 2.45) is 0 Å². The molecule has 2 rings (SSSR count). The van der Waals surface area contributed by atoms with Crippen LogP contribution >= 0.6 is 0 Å². The summed E-state index contributed by atoms with van der Waals surface area (Å²) in [4.78, 5) is 12.5. The lowest BCUT2D eigenvalue weighted by Crippen LogP contribution is -2.43. The monoisotopic (exact) mass is 257 g/mol. The highest BCUT2D eigenvalue weighted by Gasteiger charge is 2.23. The fraction of sp³-hybridized carbons (Fsp3) is 0.417. The Morgan fingerprint density at radius 3 is 2.56 bits per heavy atom. The normalized spacial score (nSPS) is 19.9. The maximum absolute atomic E-state index is 13.6. The van der Waals surface area contributed by atoms with E-state index in [9.17, 15) is 13.6 Å². The first-order valence-electron chi connectivity index (χ1n) is 5.57. The Kier molecular flexibility index (Phi) is 3.47. The summed E-state index contributed by atoms with van der Waals surface area (Å²) in [5, 5.41) is 8.69. The zero-order valence-electron chi connectivity index (χ0n) is 9.82. The van der Waals surface area contributed by atoms with Crippen LogP contribution in [-0.2, 0) is 4.74 Å². The first-order chi connectivity index (χ1) is 8.50. The number of rotatable bonds is 2. The van der Waals surface area contributed by atoms with Gasteiger partial charge in [0.25, 0.3) is 0 Å². The third kappa shape index (κ3) is 2.28. The lowest BCUT2D eigenvalue weighted by molar-refractivity contribution is 0.0686. The van der Waals surface area contributed by atoms with Gasteiger partial charge in [0.15, 0.2) is 0 Å². The van der Waals surface area contributed by atoms with E-state index < -0.39 is 23.2 Å². The molecular weight excluding hydrogens is 244 g/mol. The lowest BCUT2D eigenvalue weighted by Gasteiger charge is -2.35. The van der Waals surface area contributed by atoms with Gasteiger partial charge in [-0.3, -0.25) is 0 Å². The Hall–Kier alpha value is -1.69. The highest BCUT2D eigenvalue weighted by molar-refractivity contribution is 5.88. The smallest absolute Gasteiger partial charge is 0.341 e. The molecule has 1 aliphatic heterocycles. The minimum atomic E-state index is -1.61. The SMILES string of the molecule is CC1COCCN1c1cc(F)c(C(=O)O)c(F)c1. The highest BCUT2D eigenvalue weighted by atomic mass is 19.1. The molecule has 0 saturated carbocycles. The van der Waals surface area contributed by atoms with Crippen molar-refractivity contribution in [1.29, 1.82) is 0 Å². The van der Waals surface area contributed by atoms with Crippen LogP contribution in [0.4, 0.5) is 14.5 Å². The van der Waals surface area contributed by atoms with Crippen LogP contribution in [0.25, 0.3) is 0 Å². The molecule has 0 radical (unpaired) electrons. The number of nitrogens with zero attached hydrogens (tertiary/aromatic N) is 1. The number of carboxylic acids is 1.